The van der Waals surface area contributed by atoms with E-state index in [1.54, 1.807) is 70.3 Å². The fourth-order valence-corrected chi connectivity index (χ4v) is 4.43. The van der Waals surface area contributed by atoms with Gasteiger partial charge in [-0.2, -0.15) is 0 Å². The van der Waals surface area contributed by atoms with Crippen molar-refractivity contribution in [3.8, 4) is 11.5 Å². The topological polar surface area (TPSA) is 117 Å². The molecule has 2 atom stereocenters. The number of rotatable bonds is 14. The zero-order valence-corrected chi connectivity index (χ0v) is 25.5. The molecule has 0 saturated carbocycles. The number of hydrogen-bond acceptors (Lipinski definition) is 6. The summed E-state index contributed by atoms with van der Waals surface area (Å²) >= 11 is 0. The van der Waals surface area contributed by atoms with E-state index in [4.69, 9.17) is 9.47 Å². The van der Waals surface area contributed by atoms with Crippen LogP contribution in [0.15, 0.2) is 48.5 Å². The molecule has 0 aliphatic heterocycles. The quantitative estimate of drug-likeness (QED) is 0.226. The summed E-state index contributed by atoms with van der Waals surface area (Å²) in [5.41, 5.74) is 0.0589. The highest BCUT2D eigenvalue weighted by molar-refractivity contribution is 5.99. The summed E-state index contributed by atoms with van der Waals surface area (Å²) in [6, 6.07) is 11.2. The highest BCUT2D eigenvalue weighted by Gasteiger charge is 2.38. The molecule has 2 unspecified atom stereocenters. The third kappa shape index (κ3) is 10.6. The van der Waals surface area contributed by atoms with E-state index < -0.39 is 35.6 Å². The number of carbonyl (C=O) groups is 3. The molecule has 3 amide bonds. The summed E-state index contributed by atoms with van der Waals surface area (Å²) in [7, 11) is 1.56. The summed E-state index contributed by atoms with van der Waals surface area (Å²) in [5, 5.41) is 16.5. The van der Waals surface area contributed by atoms with Crippen LogP contribution >= 0.6 is 0 Å². The number of benzene rings is 2. The number of nitrogens with zero attached hydrogens (tertiary/aromatic N) is 1. The van der Waals surface area contributed by atoms with Crippen LogP contribution in [0.2, 0.25) is 0 Å². The van der Waals surface area contributed by atoms with Crippen molar-refractivity contribution < 1.29 is 29.0 Å². The number of phenols is 1. The lowest BCUT2D eigenvalue weighted by atomic mass is 9.97. The summed E-state index contributed by atoms with van der Waals surface area (Å²) in [6.07, 6.45) is 3.96. The Labute approximate surface area is 244 Å². The number of phenolic OH excluding ortho intramolecular Hbond substituents is 1. The molecule has 2 aromatic carbocycles. The molecule has 226 valence electrons. The predicted molar refractivity (Wildman–Crippen MR) is 161 cm³/mol. The van der Waals surface area contributed by atoms with E-state index in [9.17, 15) is 19.5 Å². The number of para-hydroxylation sites is 1. The fourth-order valence-electron chi connectivity index (χ4n) is 4.43. The van der Waals surface area contributed by atoms with Crippen LogP contribution in [0.1, 0.15) is 85.3 Å². The number of amides is 3. The Kier molecular flexibility index (Phi) is 13.0. The van der Waals surface area contributed by atoms with Crippen molar-refractivity contribution in [2.24, 2.45) is 5.92 Å². The van der Waals surface area contributed by atoms with E-state index in [0.717, 1.165) is 25.7 Å². The Bertz CT molecular complexity index is 1130. The van der Waals surface area contributed by atoms with Gasteiger partial charge in [0.05, 0.1) is 7.11 Å². The number of ether oxygens (including phenoxy) is 2. The first-order valence-corrected chi connectivity index (χ1v) is 14.4. The average molecular weight is 570 g/mol. The minimum atomic E-state index is -1.15. The molecule has 2 aromatic rings. The van der Waals surface area contributed by atoms with Gasteiger partial charge < -0.3 is 30.1 Å². The van der Waals surface area contributed by atoms with Gasteiger partial charge in [-0.3, -0.25) is 9.59 Å². The van der Waals surface area contributed by atoms with E-state index in [1.165, 1.54) is 11.0 Å². The smallest absolute Gasteiger partial charge is 0.408 e. The number of nitrogens with one attached hydrogen (secondary N) is 2. The molecule has 3 N–H and O–H groups in total. The van der Waals surface area contributed by atoms with Crippen LogP contribution in [0.25, 0.3) is 0 Å². The number of alkyl carbamates (subject to hydrolysis) is 1. The highest BCUT2D eigenvalue weighted by Crippen LogP contribution is 2.32. The van der Waals surface area contributed by atoms with Crippen LogP contribution in [0, 0.1) is 5.92 Å². The van der Waals surface area contributed by atoms with Crippen molar-refractivity contribution in [3.05, 3.63) is 54.1 Å². The molecule has 0 bridgehead atoms. The molecule has 9 nitrogen and oxygen atoms in total. The van der Waals surface area contributed by atoms with Gasteiger partial charge in [0.2, 0.25) is 5.91 Å². The monoisotopic (exact) mass is 569 g/mol. The standard InChI is InChI=1S/C32H47N3O6/c1-8-9-10-11-14-21-35(30(38)27(22(2)3)34-31(39)41-32(4,5)6)28(25-15-12-13-16-26(25)36)29(37)33-23-17-19-24(40-7)20-18-23/h12-13,15-20,22,27-28,36H,8-11,14,21H2,1-7H3,(H,33,37)(H,34,39). The van der Waals surface area contributed by atoms with Crippen LogP contribution in [0.4, 0.5) is 10.5 Å². The van der Waals surface area contributed by atoms with Gasteiger partial charge in [-0.25, -0.2) is 4.79 Å². The van der Waals surface area contributed by atoms with Gasteiger partial charge in [-0.15, -0.1) is 0 Å². The van der Waals surface area contributed by atoms with E-state index in [2.05, 4.69) is 17.6 Å². The summed E-state index contributed by atoms with van der Waals surface area (Å²) in [6.45, 7) is 11.3. The molecular formula is C32H47N3O6. The molecule has 0 heterocycles. The molecule has 0 saturated heterocycles. The largest absolute Gasteiger partial charge is 0.508 e. The van der Waals surface area contributed by atoms with Gasteiger partial charge in [0.1, 0.15) is 29.2 Å². The van der Waals surface area contributed by atoms with Gasteiger partial charge in [0.15, 0.2) is 0 Å². The molecule has 0 aliphatic rings. The van der Waals surface area contributed by atoms with Crippen molar-refractivity contribution in [2.45, 2.75) is 91.3 Å². The third-order valence-corrected chi connectivity index (χ3v) is 6.54. The zero-order chi connectivity index (χ0) is 30.6. The Morgan fingerprint density at radius 2 is 1.59 bits per heavy atom. The van der Waals surface area contributed by atoms with Crippen LogP contribution in [-0.4, -0.2) is 53.2 Å². The van der Waals surface area contributed by atoms with Crippen molar-refractivity contribution in [2.75, 3.05) is 19.0 Å². The minimum Gasteiger partial charge on any atom is -0.508 e. The molecule has 0 aliphatic carbocycles. The minimum absolute atomic E-state index is 0.104. The van der Waals surface area contributed by atoms with Crippen molar-refractivity contribution in [1.82, 2.24) is 10.2 Å². The molecule has 0 radical (unpaired) electrons. The molecule has 41 heavy (non-hydrogen) atoms. The number of methoxy groups -OCH3 is 1. The maximum Gasteiger partial charge on any atom is 0.408 e. The second-order valence-electron chi connectivity index (χ2n) is 11.5. The molecule has 0 fully saturated rings. The van der Waals surface area contributed by atoms with Crippen LogP contribution in [-0.2, 0) is 14.3 Å². The van der Waals surface area contributed by atoms with Gasteiger partial charge in [0, 0.05) is 17.8 Å². The molecule has 0 aromatic heterocycles. The third-order valence-electron chi connectivity index (χ3n) is 6.54. The SMILES string of the molecule is CCCCCCCN(C(=O)C(NC(=O)OC(C)(C)C)C(C)C)C(C(=O)Nc1ccc(OC)cc1)c1ccccc1O. The first-order valence-electron chi connectivity index (χ1n) is 14.4. The predicted octanol–water partition coefficient (Wildman–Crippen LogP) is 6.43. The van der Waals surface area contributed by atoms with E-state index >= 15 is 0 Å². The molecule has 9 heteroatoms. The Morgan fingerprint density at radius 3 is 2.15 bits per heavy atom. The van der Waals surface area contributed by atoms with Crippen molar-refractivity contribution >= 4 is 23.6 Å². The normalized spacial score (nSPS) is 12.8. The summed E-state index contributed by atoms with van der Waals surface area (Å²) in [5.74, 6) is -0.686. The Hall–Kier alpha value is -3.75. The second kappa shape index (κ2) is 15.9. The first-order chi connectivity index (χ1) is 19.4. The van der Waals surface area contributed by atoms with Crippen LogP contribution < -0.4 is 15.4 Å². The van der Waals surface area contributed by atoms with Gasteiger partial charge in [0.25, 0.3) is 5.91 Å². The van der Waals surface area contributed by atoms with Crippen molar-refractivity contribution in [1.29, 1.82) is 0 Å². The maximum absolute atomic E-state index is 14.2. The van der Waals surface area contributed by atoms with E-state index in [0.29, 0.717) is 23.4 Å². The lowest BCUT2D eigenvalue weighted by Gasteiger charge is -2.36. The summed E-state index contributed by atoms with van der Waals surface area (Å²) in [4.78, 5) is 42.4. The molecule has 2 rings (SSSR count). The average Bonchev–Trinajstić information content (AvgIpc) is 2.90. The van der Waals surface area contributed by atoms with Gasteiger partial charge in [-0.05, 0) is 63.4 Å². The number of hydrogen-bond donors (Lipinski definition) is 3. The summed E-state index contributed by atoms with van der Waals surface area (Å²) < 4.78 is 10.6. The van der Waals surface area contributed by atoms with Crippen LogP contribution in [0.5, 0.6) is 11.5 Å². The van der Waals surface area contributed by atoms with Gasteiger partial charge >= 0.3 is 6.09 Å². The Morgan fingerprint density at radius 1 is 0.951 bits per heavy atom. The number of carbonyl (C=O) groups excluding carboxylic acids is 3. The maximum atomic E-state index is 14.2. The van der Waals surface area contributed by atoms with Crippen molar-refractivity contribution in [3.63, 3.8) is 0 Å². The number of aromatic hydroxyl groups is 1. The lowest BCUT2D eigenvalue weighted by molar-refractivity contribution is -0.141. The lowest BCUT2D eigenvalue weighted by Crippen LogP contribution is -2.54. The number of unbranched alkanes of at least 4 members (excludes halogenated alkanes) is 4. The first kappa shape index (κ1) is 33.5. The molecular weight excluding hydrogens is 522 g/mol. The fraction of sp³-hybridized carbons (Fsp3) is 0.531. The van der Waals surface area contributed by atoms with Gasteiger partial charge in [-0.1, -0.05) is 64.7 Å². The molecule has 0 spiro atoms. The second-order valence-corrected chi connectivity index (χ2v) is 11.5. The van der Waals surface area contributed by atoms with E-state index in [1.807, 2.05) is 13.8 Å². The Balaban J connectivity index is 2.51. The van der Waals surface area contributed by atoms with E-state index in [-0.39, 0.29) is 18.2 Å². The highest BCUT2D eigenvalue weighted by atomic mass is 16.6. The number of anilines is 1. The van der Waals surface area contributed by atoms with Crippen LogP contribution in [0.3, 0.4) is 0 Å². The zero-order valence-electron chi connectivity index (χ0n) is 25.5.